The molecule has 1 rings (SSSR count). The highest BCUT2D eigenvalue weighted by Crippen LogP contribution is 2.28. The van der Waals surface area contributed by atoms with Crippen molar-refractivity contribution in [3.05, 3.63) is 27.7 Å². The Balaban J connectivity index is 2.73. The molecule has 0 saturated heterocycles. The third kappa shape index (κ3) is 4.01. The zero-order valence-corrected chi connectivity index (χ0v) is 11.2. The van der Waals surface area contributed by atoms with E-state index in [1.54, 1.807) is 0 Å². The molecule has 0 radical (unpaired) electrons. The third-order valence-corrected chi connectivity index (χ3v) is 2.88. The van der Waals surface area contributed by atoms with Gasteiger partial charge in [0.05, 0.1) is 5.02 Å². The normalized spacial score (nSPS) is 12.5. The maximum atomic E-state index is 6.03. The summed E-state index contributed by atoms with van der Waals surface area (Å²) in [7, 11) is 1.91. The first-order valence-corrected chi connectivity index (χ1v) is 6.10. The van der Waals surface area contributed by atoms with E-state index >= 15 is 0 Å². The van der Waals surface area contributed by atoms with E-state index in [0.717, 1.165) is 23.2 Å². The van der Waals surface area contributed by atoms with Crippen LogP contribution in [0.2, 0.25) is 5.02 Å². The van der Waals surface area contributed by atoms with Crippen LogP contribution in [0.25, 0.3) is 0 Å². The lowest BCUT2D eigenvalue weighted by Gasteiger charge is -2.18. The predicted octanol–water partition coefficient (Wildman–Crippen LogP) is 3.48. The Kier molecular flexibility index (Phi) is 5.43. The van der Waals surface area contributed by atoms with Crippen LogP contribution in [-0.4, -0.2) is 19.7 Å². The zero-order chi connectivity index (χ0) is 11.3. The second-order valence-electron chi connectivity index (χ2n) is 3.28. The number of hydrogen-bond acceptors (Lipinski definition) is 2. The molecule has 4 heteroatoms. The monoisotopic (exact) mass is 291 g/mol. The van der Waals surface area contributed by atoms with E-state index in [0.29, 0.717) is 5.02 Å². The standard InChI is InChI=1S/C11H15BrClNO/c1-3-9(7-14-2)15-11-6-8(12)4-5-10(11)13/h4-6,9,14H,3,7H2,1-2H3. The highest BCUT2D eigenvalue weighted by molar-refractivity contribution is 9.10. The van der Waals surface area contributed by atoms with Gasteiger partial charge in [0.1, 0.15) is 11.9 Å². The van der Waals surface area contributed by atoms with E-state index in [1.165, 1.54) is 0 Å². The van der Waals surface area contributed by atoms with Crippen molar-refractivity contribution in [2.45, 2.75) is 19.4 Å². The van der Waals surface area contributed by atoms with Crippen molar-refractivity contribution in [1.82, 2.24) is 5.32 Å². The molecule has 0 bridgehead atoms. The minimum absolute atomic E-state index is 0.154. The van der Waals surface area contributed by atoms with Crippen molar-refractivity contribution in [2.75, 3.05) is 13.6 Å². The van der Waals surface area contributed by atoms with Crippen LogP contribution in [0.3, 0.4) is 0 Å². The fraction of sp³-hybridized carbons (Fsp3) is 0.455. The lowest BCUT2D eigenvalue weighted by atomic mass is 10.2. The summed E-state index contributed by atoms with van der Waals surface area (Å²) in [6.07, 6.45) is 1.10. The van der Waals surface area contributed by atoms with Gasteiger partial charge in [-0.25, -0.2) is 0 Å². The Morgan fingerprint density at radius 3 is 2.87 bits per heavy atom. The Hall–Kier alpha value is -0.250. The van der Waals surface area contributed by atoms with Gasteiger partial charge in [0, 0.05) is 11.0 Å². The average Bonchev–Trinajstić information content (AvgIpc) is 2.22. The molecule has 0 heterocycles. The van der Waals surface area contributed by atoms with Gasteiger partial charge in [-0.15, -0.1) is 0 Å². The van der Waals surface area contributed by atoms with Gasteiger partial charge in [0.25, 0.3) is 0 Å². The lowest BCUT2D eigenvalue weighted by molar-refractivity contribution is 0.196. The van der Waals surface area contributed by atoms with Gasteiger partial charge >= 0.3 is 0 Å². The van der Waals surface area contributed by atoms with E-state index in [-0.39, 0.29) is 6.10 Å². The van der Waals surface area contributed by atoms with Crippen molar-refractivity contribution >= 4 is 27.5 Å². The Bertz CT molecular complexity index is 319. The summed E-state index contributed by atoms with van der Waals surface area (Å²) >= 11 is 9.42. The molecule has 0 aliphatic rings. The minimum atomic E-state index is 0.154. The van der Waals surface area contributed by atoms with Gasteiger partial charge in [-0.3, -0.25) is 0 Å². The molecule has 0 fully saturated rings. The second-order valence-corrected chi connectivity index (χ2v) is 4.60. The van der Waals surface area contributed by atoms with Crippen molar-refractivity contribution in [3.63, 3.8) is 0 Å². The maximum Gasteiger partial charge on any atom is 0.139 e. The van der Waals surface area contributed by atoms with E-state index < -0.39 is 0 Å². The quantitative estimate of drug-likeness (QED) is 0.897. The van der Waals surface area contributed by atoms with Crippen molar-refractivity contribution < 1.29 is 4.74 Å². The molecule has 1 aromatic rings. The first kappa shape index (κ1) is 12.8. The summed E-state index contributed by atoms with van der Waals surface area (Å²) in [6.45, 7) is 2.91. The summed E-state index contributed by atoms with van der Waals surface area (Å²) in [5, 5.41) is 3.74. The molecule has 0 amide bonds. The number of halogens is 2. The highest BCUT2D eigenvalue weighted by atomic mass is 79.9. The molecule has 84 valence electrons. The van der Waals surface area contributed by atoms with Crippen LogP contribution < -0.4 is 10.1 Å². The molecule has 1 unspecified atom stereocenters. The van der Waals surface area contributed by atoms with Crippen LogP contribution in [0.4, 0.5) is 0 Å². The number of likely N-dealkylation sites (N-methyl/N-ethyl adjacent to an activating group) is 1. The molecular formula is C11H15BrClNO. The van der Waals surface area contributed by atoms with E-state index in [9.17, 15) is 0 Å². The molecule has 0 aliphatic heterocycles. The van der Waals surface area contributed by atoms with Gasteiger partial charge in [0.15, 0.2) is 0 Å². The smallest absolute Gasteiger partial charge is 0.139 e. The van der Waals surface area contributed by atoms with Gasteiger partial charge < -0.3 is 10.1 Å². The van der Waals surface area contributed by atoms with E-state index in [2.05, 4.69) is 28.2 Å². The minimum Gasteiger partial charge on any atom is -0.488 e. The zero-order valence-electron chi connectivity index (χ0n) is 8.89. The topological polar surface area (TPSA) is 21.3 Å². The number of nitrogens with one attached hydrogen (secondary N) is 1. The van der Waals surface area contributed by atoms with Crippen molar-refractivity contribution in [1.29, 1.82) is 0 Å². The third-order valence-electron chi connectivity index (χ3n) is 2.07. The molecule has 0 spiro atoms. The summed E-state index contributed by atoms with van der Waals surface area (Å²) in [5.74, 6) is 0.730. The number of rotatable bonds is 5. The predicted molar refractivity (Wildman–Crippen MR) is 67.8 cm³/mol. The molecule has 1 N–H and O–H groups in total. The van der Waals surface area contributed by atoms with Crippen LogP contribution in [-0.2, 0) is 0 Å². The van der Waals surface area contributed by atoms with Gasteiger partial charge in [-0.2, -0.15) is 0 Å². The molecule has 0 aliphatic carbocycles. The molecular weight excluding hydrogens is 277 g/mol. The molecule has 0 saturated carbocycles. The van der Waals surface area contributed by atoms with Crippen molar-refractivity contribution in [3.8, 4) is 5.75 Å². The average molecular weight is 293 g/mol. The first-order valence-electron chi connectivity index (χ1n) is 4.93. The summed E-state index contributed by atoms with van der Waals surface area (Å²) in [6, 6.07) is 5.61. The van der Waals surface area contributed by atoms with Crippen LogP contribution in [0, 0.1) is 0 Å². The second kappa shape index (κ2) is 6.36. The highest BCUT2D eigenvalue weighted by Gasteiger charge is 2.09. The molecule has 1 aromatic carbocycles. The Labute approximate surface area is 104 Å². The Morgan fingerprint density at radius 2 is 2.27 bits per heavy atom. The van der Waals surface area contributed by atoms with Gasteiger partial charge in [0.2, 0.25) is 0 Å². The summed E-state index contributed by atoms with van der Waals surface area (Å²) in [5.41, 5.74) is 0. The van der Waals surface area contributed by atoms with Crippen LogP contribution in [0.15, 0.2) is 22.7 Å². The lowest BCUT2D eigenvalue weighted by Crippen LogP contribution is -2.28. The SMILES string of the molecule is CCC(CNC)Oc1cc(Br)ccc1Cl. The van der Waals surface area contributed by atoms with E-state index in [1.807, 2.05) is 25.2 Å². The van der Waals surface area contributed by atoms with Gasteiger partial charge in [-0.05, 0) is 31.7 Å². The molecule has 2 nitrogen and oxygen atoms in total. The fourth-order valence-corrected chi connectivity index (χ4v) is 1.75. The maximum absolute atomic E-state index is 6.03. The molecule has 15 heavy (non-hydrogen) atoms. The summed E-state index contributed by atoms with van der Waals surface area (Å²) < 4.78 is 6.76. The first-order chi connectivity index (χ1) is 7.17. The van der Waals surface area contributed by atoms with Crippen molar-refractivity contribution in [2.24, 2.45) is 0 Å². The molecule has 0 aromatic heterocycles. The molecule has 1 atom stereocenters. The van der Waals surface area contributed by atoms with Gasteiger partial charge in [-0.1, -0.05) is 34.5 Å². The van der Waals surface area contributed by atoms with Crippen LogP contribution in [0.1, 0.15) is 13.3 Å². The largest absolute Gasteiger partial charge is 0.488 e. The fourth-order valence-electron chi connectivity index (χ4n) is 1.24. The number of benzene rings is 1. The van der Waals surface area contributed by atoms with Crippen LogP contribution >= 0.6 is 27.5 Å². The number of hydrogen-bond donors (Lipinski definition) is 1. The summed E-state index contributed by atoms with van der Waals surface area (Å²) in [4.78, 5) is 0. The van der Waals surface area contributed by atoms with Crippen LogP contribution in [0.5, 0.6) is 5.75 Å². The Morgan fingerprint density at radius 1 is 1.53 bits per heavy atom. The van der Waals surface area contributed by atoms with E-state index in [4.69, 9.17) is 16.3 Å². The number of ether oxygens (including phenoxy) is 1.